The molecule has 0 fully saturated rings. The molecular formula is C17H19N7. The first-order valence-corrected chi connectivity index (χ1v) is 7.67. The monoisotopic (exact) mass is 321 g/mol. The summed E-state index contributed by atoms with van der Waals surface area (Å²) in [6.45, 7) is 2.51. The van der Waals surface area contributed by atoms with Crippen molar-refractivity contribution in [2.24, 2.45) is 5.84 Å². The Morgan fingerprint density at radius 2 is 1.25 bits per heavy atom. The predicted molar refractivity (Wildman–Crippen MR) is 96.5 cm³/mol. The Kier molecular flexibility index (Phi) is 4.83. The van der Waals surface area contributed by atoms with E-state index in [-0.39, 0.29) is 0 Å². The molecule has 0 amide bonds. The minimum atomic E-state index is 0.393. The lowest BCUT2D eigenvalue weighted by atomic mass is 10.3. The second-order valence-electron chi connectivity index (χ2n) is 5.05. The van der Waals surface area contributed by atoms with Crippen molar-refractivity contribution in [2.75, 3.05) is 22.2 Å². The summed E-state index contributed by atoms with van der Waals surface area (Å²) in [5, 5.41) is 7.80. The minimum absolute atomic E-state index is 0.393. The third kappa shape index (κ3) is 3.96. The fourth-order valence-electron chi connectivity index (χ4n) is 2.05. The van der Waals surface area contributed by atoms with E-state index in [4.69, 9.17) is 5.84 Å². The second kappa shape index (κ2) is 7.38. The average molecular weight is 321 g/mol. The van der Waals surface area contributed by atoms with E-state index in [1.165, 1.54) is 5.01 Å². The largest absolute Gasteiger partial charge is 0.324 e. The minimum Gasteiger partial charge on any atom is -0.324 e. The van der Waals surface area contributed by atoms with Crippen LogP contribution in [0.5, 0.6) is 0 Å². The van der Waals surface area contributed by atoms with Crippen LogP contribution in [-0.2, 0) is 0 Å². The maximum absolute atomic E-state index is 5.94. The van der Waals surface area contributed by atoms with Crippen molar-refractivity contribution < 1.29 is 0 Å². The molecule has 3 rings (SSSR count). The van der Waals surface area contributed by atoms with Gasteiger partial charge in [0.25, 0.3) is 0 Å². The molecule has 1 heterocycles. The number of hydrogen-bond donors (Lipinski definition) is 3. The van der Waals surface area contributed by atoms with Crippen LogP contribution in [0, 0.1) is 0 Å². The van der Waals surface area contributed by atoms with Crippen molar-refractivity contribution in [2.45, 2.75) is 6.92 Å². The quantitative estimate of drug-likeness (QED) is 0.474. The molecule has 0 bridgehead atoms. The van der Waals surface area contributed by atoms with Gasteiger partial charge in [0.1, 0.15) is 0 Å². The summed E-state index contributed by atoms with van der Waals surface area (Å²) in [5.41, 5.74) is 1.78. The van der Waals surface area contributed by atoms with Crippen molar-refractivity contribution in [1.82, 2.24) is 15.0 Å². The SMILES string of the molecule is CCN(N)c1nc(Nc2ccccc2)nc(Nc2ccccc2)n1. The van der Waals surface area contributed by atoms with Crippen LogP contribution in [-0.4, -0.2) is 21.5 Å². The van der Waals surface area contributed by atoms with Crippen LogP contribution >= 0.6 is 0 Å². The maximum atomic E-state index is 5.94. The summed E-state index contributed by atoms with van der Waals surface area (Å²) in [6, 6.07) is 19.4. The van der Waals surface area contributed by atoms with E-state index in [1.807, 2.05) is 67.6 Å². The van der Waals surface area contributed by atoms with Gasteiger partial charge >= 0.3 is 0 Å². The van der Waals surface area contributed by atoms with Crippen molar-refractivity contribution in [3.8, 4) is 0 Å². The van der Waals surface area contributed by atoms with E-state index in [1.54, 1.807) is 0 Å². The van der Waals surface area contributed by atoms with E-state index >= 15 is 0 Å². The van der Waals surface area contributed by atoms with Gasteiger partial charge in [0.05, 0.1) is 0 Å². The smallest absolute Gasteiger partial charge is 0.246 e. The van der Waals surface area contributed by atoms with Crippen LogP contribution in [0.25, 0.3) is 0 Å². The first-order chi connectivity index (χ1) is 11.7. The molecule has 0 radical (unpaired) electrons. The van der Waals surface area contributed by atoms with Gasteiger partial charge in [0, 0.05) is 17.9 Å². The van der Waals surface area contributed by atoms with E-state index in [2.05, 4.69) is 25.6 Å². The van der Waals surface area contributed by atoms with Crippen LogP contribution < -0.4 is 21.5 Å². The fraction of sp³-hybridized carbons (Fsp3) is 0.118. The molecule has 24 heavy (non-hydrogen) atoms. The molecule has 122 valence electrons. The van der Waals surface area contributed by atoms with Gasteiger partial charge in [-0.2, -0.15) is 15.0 Å². The first kappa shape index (κ1) is 15.7. The van der Waals surface area contributed by atoms with Crippen molar-refractivity contribution in [3.05, 3.63) is 60.7 Å². The Hall–Kier alpha value is -3.19. The average Bonchev–Trinajstić information content (AvgIpc) is 2.62. The fourth-order valence-corrected chi connectivity index (χ4v) is 2.05. The van der Waals surface area contributed by atoms with Gasteiger partial charge in [-0.3, -0.25) is 5.01 Å². The lowest BCUT2D eigenvalue weighted by Gasteiger charge is -2.16. The molecule has 0 saturated carbocycles. The molecule has 0 aliphatic heterocycles. The van der Waals surface area contributed by atoms with Gasteiger partial charge in [-0.05, 0) is 31.2 Å². The molecule has 7 heteroatoms. The number of aromatic nitrogens is 3. The van der Waals surface area contributed by atoms with Crippen LogP contribution in [0.1, 0.15) is 6.92 Å². The van der Waals surface area contributed by atoms with Crippen LogP contribution in [0.2, 0.25) is 0 Å². The topological polar surface area (TPSA) is 92.0 Å². The van der Waals surface area contributed by atoms with Crippen LogP contribution in [0.3, 0.4) is 0 Å². The maximum Gasteiger partial charge on any atom is 0.246 e. The molecule has 7 nitrogen and oxygen atoms in total. The van der Waals surface area contributed by atoms with Gasteiger partial charge in [0.15, 0.2) is 0 Å². The number of nitrogens with zero attached hydrogens (tertiary/aromatic N) is 4. The molecule has 0 saturated heterocycles. The number of benzene rings is 2. The zero-order valence-corrected chi connectivity index (χ0v) is 13.3. The Balaban J connectivity index is 1.91. The summed E-state index contributed by atoms with van der Waals surface area (Å²) >= 11 is 0. The summed E-state index contributed by atoms with van der Waals surface area (Å²) in [6.07, 6.45) is 0. The molecule has 2 aromatic carbocycles. The summed E-state index contributed by atoms with van der Waals surface area (Å²) < 4.78 is 0. The third-order valence-electron chi connectivity index (χ3n) is 3.28. The Morgan fingerprint density at radius 3 is 1.67 bits per heavy atom. The molecule has 0 aliphatic carbocycles. The highest BCUT2D eigenvalue weighted by Gasteiger charge is 2.10. The molecule has 4 N–H and O–H groups in total. The summed E-state index contributed by atoms with van der Waals surface area (Å²) in [4.78, 5) is 13.2. The highest BCUT2D eigenvalue weighted by Crippen LogP contribution is 2.19. The van der Waals surface area contributed by atoms with Gasteiger partial charge < -0.3 is 10.6 Å². The second-order valence-corrected chi connectivity index (χ2v) is 5.05. The van der Waals surface area contributed by atoms with Crippen molar-refractivity contribution in [3.63, 3.8) is 0 Å². The highest BCUT2D eigenvalue weighted by atomic mass is 15.5. The predicted octanol–water partition coefficient (Wildman–Crippen LogP) is 3.06. The molecule has 1 aromatic heterocycles. The van der Waals surface area contributed by atoms with E-state index in [0.29, 0.717) is 24.4 Å². The summed E-state index contributed by atoms with van der Waals surface area (Å²) in [5.74, 6) is 7.19. The number of hydrogen-bond acceptors (Lipinski definition) is 7. The molecule has 0 spiro atoms. The van der Waals surface area contributed by atoms with Gasteiger partial charge in [-0.1, -0.05) is 36.4 Å². The summed E-state index contributed by atoms with van der Waals surface area (Å²) in [7, 11) is 0. The van der Waals surface area contributed by atoms with Gasteiger partial charge in [0.2, 0.25) is 17.8 Å². The number of anilines is 5. The standard InChI is InChI=1S/C17H19N7/c1-2-24(18)17-22-15(19-13-9-5-3-6-10-13)21-16(23-17)20-14-11-7-4-8-12-14/h3-12H,2,18H2,1H3,(H2,19,20,21,22,23). The van der Waals surface area contributed by atoms with Crippen LogP contribution in [0.15, 0.2) is 60.7 Å². The van der Waals surface area contributed by atoms with E-state index in [9.17, 15) is 0 Å². The zero-order chi connectivity index (χ0) is 16.8. The van der Waals surface area contributed by atoms with E-state index < -0.39 is 0 Å². The van der Waals surface area contributed by atoms with Crippen LogP contribution in [0.4, 0.5) is 29.2 Å². The Bertz CT molecular complexity index is 718. The van der Waals surface area contributed by atoms with E-state index in [0.717, 1.165) is 11.4 Å². The van der Waals surface area contributed by atoms with Crippen molar-refractivity contribution >= 4 is 29.2 Å². The zero-order valence-electron chi connectivity index (χ0n) is 13.3. The van der Waals surface area contributed by atoms with Gasteiger partial charge in [-0.15, -0.1) is 0 Å². The first-order valence-electron chi connectivity index (χ1n) is 7.67. The normalized spacial score (nSPS) is 10.2. The molecule has 0 unspecified atom stereocenters. The number of para-hydroxylation sites is 2. The Morgan fingerprint density at radius 1 is 0.792 bits per heavy atom. The lowest BCUT2D eigenvalue weighted by molar-refractivity contribution is 0.832. The number of hydrazine groups is 1. The van der Waals surface area contributed by atoms with Gasteiger partial charge in [-0.25, -0.2) is 5.84 Å². The number of rotatable bonds is 6. The highest BCUT2D eigenvalue weighted by molar-refractivity contribution is 5.59. The Labute approximate surface area is 140 Å². The third-order valence-corrected chi connectivity index (χ3v) is 3.28. The molecule has 0 atom stereocenters. The number of nitrogens with one attached hydrogen (secondary N) is 2. The molecule has 0 aliphatic rings. The molecule has 3 aromatic rings. The van der Waals surface area contributed by atoms with Crippen molar-refractivity contribution in [1.29, 1.82) is 0 Å². The lowest BCUT2D eigenvalue weighted by Crippen LogP contribution is -2.32. The number of nitrogens with two attached hydrogens (primary N) is 1. The molecular weight excluding hydrogens is 302 g/mol.